The number of carbonyl (C=O) groups excluding carboxylic acids is 2. The molecule has 0 amide bonds. The zero-order valence-electron chi connectivity index (χ0n) is 24.3. The number of hydrogen-bond acceptors (Lipinski definition) is 7. The Balaban J connectivity index is 1.52. The minimum Gasteiger partial charge on any atom is -0.451 e. The fraction of sp³-hybridized carbons (Fsp3) is 0.625. The fourth-order valence-electron chi connectivity index (χ4n) is 8.61. The summed E-state index contributed by atoms with van der Waals surface area (Å²) >= 11 is 0. The highest BCUT2D eigenvalue weighted by Gasteiger charge is 2.77. The number of hydrogen-bond donors (Lipinski definition) is 2. The summed E-state index contributed by atoms with van der Waals surface area (Å²) in [5, 5.41) is 16.2. The summed E-state index contributed by atoms with van der Waals surface area (Å²) in [7, 11) is 1.76. The Morgan fingerprint density at radius 2 is 1.90 bits per heavy atom. The number of anilines is 1. The maximum atomic E-state index is 14.8. The molecular formula is C32H41NO6. The number of aryl methyl sites for hydroxylation is 1. The first kappa shape index (κ1) is 26.7. The molecule has 2 bridgehead atoms. The van der Waals surface area contributed by atoms with Gasteiger partial charge in [-0.25, -0.2) is 4.79 Å². The molecule has 0 unspecified atom stereocenters. The van der Waals surface area contributed by atoms with Crippen LogP contribution < -0.4 is 5.32 Å². The van der Waals surface area contributed by atoms with Crippen LogP contribution in [0.15, 0.2) is 41.5 Å². The summed E-state index contributed by atoms with van der Waals surface area (Å²) in [4.78, 5) is 28.6. The number of fused-ring (bicyclic) bond motifs is 5. The molecule has 210 valence electrons. The summed E-state index contributed by atoms with van der Waals surface area (Å²) in [5.74, 6) is -1.50. The quantitative estimate of drug-likeness (QED) is 0.423. The first-order valence-electron chi connectivity index (χ1n) is 14.2. The molecule has 1 spiro atoms. The minimum atomic E-state index is -1.83. The van der Waals surface area contributed by atoms with E-state index in [-0.39, 0.29) is 35.6 Å². The van der Waals surface area contributed by atoms with Gasteiger partial charge in [0.25, 0.3) is 0 Å². The Hall–Kier alpha value is -2.48. The van der Waals surface area contributed by atoms with Crippen LogP contribution in [0.25, 0.3) is 0 Å². The molecule has 2 saturated carbocycles. The topological polar surface area (TPSA) is 94.1 Å². The molecule has 0 aromatic heterocycles. The van der Waals surface area contributed by atoms with Gasteiger partial charge in [-0.2, -0.15) is 0 Å². The first-order chi connectivity index (χ1) is 18.2. The molecule has 2 N–H and O–H groups in total. The van der Waals surface area contributed by atoms with Crippen molar-refractivity contribution in [2.24, 2.45) is 34.5 Å². The normalized spacial score (nSPS) is 41.1. The number of Topliss-reactive ketones (excluding diaryl/α,β-unsaturated/α-hetero) is 1. The minimum absolute atomic E-state index is 0.00332. The predicted octanol–water partition coefficient (Wildman–Crippen LogP) is 4.83. The van der Waals surface area contributed by atoms with Crippen LogP contribution in [0, 0.1) is 41.4 Å². The number of ether oxygens (including phenoxy) is 3. The lowest BCUT2D eigenvalue weighted by molar-refractivity contribution is -0.302. The van der Waals surface area contributed by atoms with Crippen LogP contribution >= 0.6 is 0 Å². The van der Waals surface area contributed by atoms with Gasteiger partial charge in [0.05, 0.1) is 17.6 Å². The summed E-state index contributed by atoms with van der Waals surface area (Å²) < 4.78 is 18.8. The lowest BCUT2D eigenvalue weighted by Gasteiger charge is -2.52. The predicted molar refractivity (Wildman–Crippen MR) is 147 cm³/mol. The van der Waals surface area contributed by atoms with Gasteiger partial charge >= 0.3 is 5.97 Å². The largest absolute Gasteiger partial charge is 0.451 e. The Morgan fingerprint density at radius 3 is 2.59 bits per heavy atom. The van der Waals surface area contributed by atoms with E-state index < -0.39 is 35.0 Å². The average Bonchev–Trinajstić information content (AvgIpc) is 3.36. The Morgan fingerprint density at radius 1 is 1.18 bits per heavy atom. The molecule has 3 fully saturated rings. The van der Waals surface area contributed by atoms with Crippen LogP contribution in [0.2, 0.25) is 0 Å². The zero-order chi connectivity index (χ0) is 28.3. The van der Waals surface area contributed by atoms with Crippen LogP contribution in [0.4, 0.5) is 5.69 Å². The van der Waals surface area contributed by atoms with Crippen molar-refractivity contribution >= 4 is 17.4 Å². The van der Waals surface area contributed by atoms with Crippen LogP contribution in [0.3, 0.4) is 0 Å². The van der Waals surface area contributed by atoms with Gasteiger partial charge in [-0.05, 0) is 80.1 Å². The smallest absolute Gasteiger partial charge is 0.341 e. The number of ketones is 1. The van der Waals surface area contributed by atoms with Crippen LogP contribution in [-0.4, -0.2) is 54.1 Å². The van der Waals surface area contributed by atoms with E-state index >= 15 is 0 Å². The number of allylic oxidation sites excluding steroid dienone is 1. The number of rotatable bonds is 3. The van der Waals surface area contributed by atoms with Gasteiger partial charge in [0.15, 0.2) is 23.3 Å². The number of esters is 1. The molecule has 4 aliphatic carbocycles. The molecule has 6 rings (SSSR count). The van der Waals surface area contributed by atoms with Crippen LogP contribution in [-0.2, 0) is 19.0 Å². The molecule has 1 heterocycles. The van der Waals surface area contributed by atoms with Gasteiger partial charge in [0.2, 0.25) is 0 Å². The third-order valence-corrected chi connectivity index (χ3v) is 10.6. The number of aliphatic hydroxyl groups is 1. The highest BCUT2D eigenvalue weighted by Crippen LogP contribution is 2.72. The van der Waals surface area contributed by atoms with E-state index in [4.69, 9.17) is 14.2 Å². The van der Waals surface area contributed by atoms with Gasteiger partial charge in [0.1, 0.15) is 6.10 Å². The maximum Gasteiger partial charge on any atom is 0.341 e. The SMILES string of the molecule is CNc1cccc(C)c1C(=O)O[C@H]1C(C)=C[C@]23C(=O)[C@@H](C=C4COC(C)(C)O[C@H]4[C@]12O)[C@H]1[C@@H](C[C@H]3C)C1(C)C. The van der Waals surface area contributed by atoms with Crippen molar-refractivity contribution in [1.82, 2.24) is 0 Å². The second-order valence-corrected chi connectivity index (χ2v) is 13.5. The lowest BCUT2D eigenvalue weighted by atomic mass is 9.59. The molecular weight excluding hydrogens is 494 g/mol. The van der Waals surface area contributed by atoms with Gasteiger partial charge in [-0.3, -0.25) is 4.79 Å². The fourth-order valence-corrected chi connectivity index (χ4v) is 8.61. The summed E-state index contributed by atoms with van der Waals surface area (Å²) in [6, 6.07) is 5.56. The summed E-state index contributed by atoms with van der Waals surface area (Å²) in [6.07, 6.45) is 2.81. The molecule has 8 atom stereocenters. The third kappa shape index (κ3) is 3.39. The van der Waals surface area contributed by atoms with Crippen molar-refractivity contribution in [3.05, 3.63) is 52.6 Å². The second-order valence-electron chi connectivity index (χ2n) is 13.5. The van der Waals surface area contributed by atoms with E-state index in [1.807, 2.05) is 58.0 Å². The lowest BCUT2D eigenvalue weighted by Crippen LogP contribution is -2.68. The maximum absolute atomic E-state index is 14.8. The van der Waals surface area contributed by atoms with Gasteiger partial charge in [-0.1, -0.05) is 45.1 Å². The highest BCUT2D eigenvalue weighted by molar-refractivity contribution is 5.98. The zero-order valence-corrected chi connectivity index (χ0v) is 24.3. The van der Waals surface area contributed by atoms with E-state index in [1.54, 1.807) is 7.05 Å². The van der Waals surface area contributed by atoms with Crippen molar-refractivity contribution in [3.8, 4) is 0 Å². The number of nitrogens with one attached hydrogen (secondary N) is 1. The number of benzene rings is 1. The van der Waals surface area contributed by atoms with Crippen molar-refractivity contribution in [2.75, 3.05) is 19.0 Å². The molecule has 7 nitrogen and oxygen atoms in total. The third-order valence-electron chi connectivity index (χ3n) is 10.6. The Bertz CT molecular complexity index is 1330. The van der Waals surface area contributed by atoms with Crippen molar-refractivity contribution in [1.29, 1.82) is 0 Å². The Kier molecular flexibility index (Phi) is 5.67. The van der Waals surface area contributed by atoms with Crippen molar-refractivity contribution in [2.45, 2.75) is 78.5 Å². The van der Waals surface area contributed by atoms with Crippen molar-refractivity contribution < 1.29 is 28.9 Å². The summed E-state index contributed by atoms with van der Waals surface area (Å²) in [6.45, 7) is 14.1. The Labute approximate surface area is 231 Å². The monoisotopic (exact) mass is 535 g/mol. The van der Waals surface area contributed by atoms with Gasteiger partial charge in [-0.15, -0.1) is 0 Å². The highest BCUT2D eigenvalue weighted by atomic mass is 16.7. The molecule has 1 saturated heterocycles. The van der Waals surface area contributed by atoms with Crippen LogP contribution in [0.5, 0.6) is 0 Å². The first-order valence-corrected chi connectivity index (χ1v) is 14.2. The molecule has 0 radical (unpaired) electrons. The second kappa shape index (κ2) is 8.27. The van der Waals surface area contributed by atoms with E-state index in [9.17, 15) is 14.7 Å². The van der Waals surface area contributed by atoms with E-state index in [0.717, 1.165) is 17.6 Å². The molecule has 5 aliphatic rings. The van der Waals surface area contributed by atoms with Gasteiger partial charge in [0, 0.05) is 18.7 Å². The molecule has 7 heteroatoms. The molecule has 1 aromatic carbocycles. The molecule has 1 aliphatic heterocycles. The average molecular weight is 536 g/mol. The van der Waals surface area contributed by atoms with E-state index in [1.165, 1.54) is 0 Å². The number of carbonyl (C=O) groups is 2. The van der Waals surface area contributed by atoms with Crippen molar-refractivity contribution in [3.63, 3.8) is 0 Å². The standard InChI is InChI=1S/C32H41NO6/c1-16-10-9-11-22(33-8)23(16)28(35)38-26-17(2)14-31-18(3)12-21-24(29(21,4)5)20(25(31)34)13-19-15-37-30(6,7)39-27(19)32(26,31)36/h9-11,13-14,18,20-21,24,26-27,33,36H,12,15H2,1-8H3/t18-,20+,21-,24+,26+,27-,31+,32-/m1/s1. The van der Waals surface area contributed by atoms with Gasteiger partial charge < -0.3 is 24.6 Å². The van der Waals surface area contributed by atoms with E-state index in [2.05, 4.69) is 26.1 Å². The van der Waals surface area contributed by atoms with Crippen LogP contribution in [0.1, 0.15) is 63.9 Å². The molecule has 1 aromatic rings. The summed E-state index contributed by atoms with van der Waals surface area (Å²) in [5.41, 5.74) is 0.205. The van der Waals surface area contributed by atoms with E-state index in [0.29, 0.717) is 22.7 Å². The molecule has 39 heavy (non-hydrogen) atoms.